The number of ether oxygens (including phenoxy) is 1. The lowest BCUT2D eigenvalue weighted by Gasteiger charge is -2.23. The first-order valence-corrected chi connectivity index (χ1v) is 13.5. The second-order valence-corrected chi connectivity index (χ2v) is 11.3. The van der Waals surface area contributed by atoms with Gasteiger partial charge in [0.1, 0.15) is 0 Å². The van der Waals surface area contributed by atoms with E-state index in [-0.39, 0.29) is 17.5 Å². The number of fused-ring (bicyclic) bond motifs is 2. The van der Waals surface area contributed by atoms with Crippen LogP contribution in [0.1, 0.15) is 40.0 Å². The molecule has 2 aromatic carbocycles. The first-order chi connectivity index (χ1) is 16.8. The Morgan fingerprint density at radius 2 is 1.83 bits per heavy atom. The van der Waals surface area contributed by atoms with E-state index in [0.717, 1.165) is 28.8 Å². The summed E-state index contributed by atoms with van der Waals surface area (Å²) in [5.41, 5.74) is 4.89. The summed E-state index contributed by atoms with van der Waals surface area (Å²) in [6.45, 7) is -0.440. The molecule has 1 unspecified atom stereocenters. The van der Waals surface area contributed by atoms with Crippen LogP contribution in [-0.4, -0.2) is 61.4 Å². The molecule has 180 valence electrons. The third-order valence-corrected chi connectivity index (χ3v) is 8.51. The molecule has 1 aliphatic heterocycles. The lowest BCUT2D eigenvalue weighted by Crippen LogP contribution is -2.40. The van der Waals surface area contributed by atoms with Crippen molar-refractivity contribution in [2.24, 2.45) is 0 Å². The molecule has 1 aromatic heterocycles. The number of nitrogens with zero attached hydrogens (tertiary/aromatic N) is 2. The van der Waals surface area contributed by atoms with Gasteiger partial charge in [-0.2, -0.15) is 0 Å². The predicted molar refractivity (Wildman–Crippen MR) is 134 cm³/mol. The first-order valence-electron chi connectivity index (χ1n) is 11.6. The standard InChI is InChI=1S/C27H26N2O5S/c1-29(20-13-14-35(32,33)17-20)24(30)16-34-27(31)25-21-9-5-6-10-23(21)28-26-19(11-12-22(25)26)15-18-7-3-2-4-8-18/h2-10,15,20H,11-14,16-17H2,1H3. The summed E-state index contributed by atoms with van der Waals surface area (Å²) in [6.07, 6.45) is 3.91. The number of amides is 1. The molecule has 1 atom stereocenters. The third-order valence-electron chi connectivity index (χ3n) is 6.76. The quantitative estimate of drug-likeness (QED) is 0.508. The minimum atomic E-state index is -3.12. The van der Waals surface area contributed by atoms with Gasteiger partial charge in [0.15, 0.2) is 16.4 Å². The molecular formula is C27H26N2O5S. The van der Waals surface area contributed by atoms with E-state index in [1.165, 1.54) is 4.90 Å². The minimum absolute atomic E-state index is 0.0534. The number of sulfone groups is 1. The number of hydrogen-bond donors (Lipinski definition) is 0. The Hall–Kier alpha value is -3.52. The predicted octanol–water partition coefficient (Wildman–Crippen LogP) is 3.52. The van der Waals surface area contributed by atoms with Crippen LogP contribution in [-0.2, 0) is 25.8 Å². The first kappa shape index (κ1) is 23.2. The van der Waals surface area contributed by atoms with Crippen molar-refractivity contribution in [1.82, 2.24) is 9.88 Å². The van der Waals surface area contributed by atoms with Gasteiger partial charge >= 0.3 is 5.97 Å². The lowest BCUT2D eigenvalue weighted by atomic mass is 10.0. The van der Waals surface area contributed by atoms with Crippen LogP contribution in [0, 0.1) is 0 Å². The number of esters is 1. The van der Waals surface area contributed by atoms with E-state index in [0.29, 0.717) is 29.3 Å². The van der Waals surface area contributed by atoms with Crippen LogP contribution in [0.15, 0.2) is 54.6 Å². The fourth-order valence-corrected chi connectivity index (χ4v) is 6.62. The molecule has 3 aromatic rings. The fraction of sp³-hybridized carbons (Fsp3) is 0.296. The number of allylic oxidation sites excluding steroid dienone is 1. The molecule has 1 aliphatic carbocycles. The Labute approximate surface area is 204 Å². The largest absolute Gasteiger partial charge is 0.452 e. The summed E-state index contributed by atoms with van der Waals surface area (Å²) >= 11 is 0. The van der Waals surface area contributed by atoms with Crippen molar-refractivity contribution >= 4 is 44.3 Å². The Morgan fingerprint density at radius 1 is 1.09 bits per heavy atom. The maximum Gasteiger partial charge on any atom is 0.339 e. The SMILES string of the molecule is CN(C(=O)COC(=O)c1c2c(nc3ccccc13)C(=Cc1ccccc1)CC2)C1CCS(=O)(=O)C1. The number of hydrogen-bond acceptors (Lipinski definition) is 6. The van der Waals surface area contributed by atoms with Crippen LogP contribution >= 0.6 is 0 Å². The van der Waals surface area contributed by atoms with E-state index in [1.807, 2.05) is 54.6 Å². The third kappa shape index (κ3) is 4.71. The summed E-state index contributed by atoms with van der Waals surface area (Å²) in [5.74, 6) is -0.965. The van der Waals surface area contributed by atoms with Crippen LogP contribution < -0.4 is 0 Å². The van der Waals surface area contributed by atoms with Gasteiger partial charge in [0, 0.05) is 18.5 Å². The van der Waals surface area contributed by atoms with Crippen LogP contribution in [0.25, 0.3) is 22.6 Å². The van der Waals surface area contributed by atoms with Crippen LogP contribution in [0.4, 0.5) is 0 Å². The highest BCUT2D eigenvalue weighted by atomic mass is 32.2. The van der Waals surface area contributed by atoms with E-state index in [2.05, 4.69) is 6.08 Å². The molecule has 0 bridgehead atoms. The summed E-state index contributed by atoms with van der Waals surface area (Å²) < 4.78 is 29.0. The molecule has 35 heavy (non-hydrogen) atoms. The van der Waals surface area contributed by atoms with Gasteiger partial charge in [-0.25, -0.2) is 18.2 Å². The zero-order valence-electron chi connectivity index (χ0n) is 19.4. The molecular weight excluding hydrogens is 464 g/mol. The average Bonchev–Trinajstić information content (AvgIpc) is 3.43. The Kier molecular flexibility index (Phi) is 6.15. The number of aromatic nitrogens is 1. The van der Waals surface area contributed by atoms with E-state index >= 15 is 0 Å². The maximum absolute atomic E-state index is 13.3. The van der Waals surface area contributed by atoms with E-state index in [1.54, 1.807) is 7.05 Å². The second-order valence-electron chi connectivity index (χ2n) is 9.05. The molecule has 0 spiro atoms. The molecule has 0 radical (unpaired) electrons. The lowest BCUT2D eigenvalue weighted by molar-refractivity contribution is -0.134. The Balaban J connectivity index is 1.42. The van der Waals surface area contributed by atoms with Gasteiger partial charge in [-0.15, -0.1) is 0 Å². The van der Waals surface area contributed by atoms with Crippen molar-refractivity contribution in [3.63, 3.8) is 0 Å². The normalized spacial score (nSPS) is 19.6. The number of carbonyl (C=O) groups excluding carboxylic acids is 2. The number of rotatable bonds is 5. The summed E-state index contributed by atoms with van der Waals surface area (Å²) in [7, 11) is -1.56. The Bertz CT molecular complexity index is 1450. The zero-order valence-corrected chi connectivity index (χ0v) is 20.3. The van der Waals surface area contributed by atoms with E-state index < -0.39 is 28.3 Å². The Morgan fingerprint density at radius 3 is 2.57 bits per heavy atom. The van der Waals surface area contributed by atoms with E-state index in [4.69, 9.17) is 9.72 Å². The average molecular weight is 491 g/mol. The van der Waals surface area contributed by atoms with E-state index in [9.17, 15) is 18.0 Å². The molecule has 0 N–H and O–H groups in total. The molecule has 1 saturated heterocycles. The molecule has 5 rings (SSSR count). The van der Waals surface area contributed by atoms with Crippen molar-refractivity contribution in [2.45, 2.75) is 25.3 Å². The molecule has 8 heteroatoms. The zero-order chi connectivity index (χ0) is 24.6. The molecule has 1 amide bonds. The number of likely N-dealkylation sites (N-methyl/N-ethyl adjacent to an activating group) is 1. The molecule has 2 heterocycles. The maximum atomic E-state index is 13.3. The molecule has 1 fully saturated rings. The molecule has 7 nitrogen and oxygen atoms in total. The van der Waals surface area contributed by atoms with Gasteiger partial charge in [-0.3, -0.25) is 4.79 Å². The summed E-state index contributed by atoms with van der Waals surface area (Å²) in [4.78, 5) is 32.2. The highest BCUT2D eigenvalue weighted by molar-refractivity contribution is 7.91. The molecule has 2 aliphatic rings. The monoisotopic (exact) mass is 490 g/mol. The second kappa shape index (κ2) is 9.26. The van der Waals surface area contributed by atoms with Gasteiger partial charge in [0.05, 0.1) is 28.3 Å². The van der Waals surface area contributed by atoms with Gasteiger partial charge < -0.3 is 9.64 Å². The van der Waals surface area contributed by atoms with Crippen molar-refractivity contribution in [3.8, 4) is 0 Å². The van der Waals surface area contributed by atoms with Crippen LogP contribution in [0.3, 0.4) is 0 Å². The van der Waals surface area contributed by atoms with Gasteiger partial charge in [0.25, 0.3) is 5.91 Å². The highest BCUT2D eigenvalue weighted by Gasteiger charge is 2.33. The number of benzene rings is 2. The van der Waals surface area contributed by atoms with Crippen molar-refractivity contribution in [3.05, 3.63) is 77.0 Å². The van der Waals surface area contributed by atoms with Crippen LogP contribution in [0.2, 0.25) is 0 Å². The highest BCUT2D eigenvalue weighted by Crippen LogP contribution is 2.37. The van der Waals surface area contributed by atoms with Crippen molar-refractivity contribution in [2.75, 3.05) is 25.2 Å². The molecule has 0 saturated carbocycles. The van der Waals surface area contributed by atoms with Gasteiger partial charge in [0.2, 0.25) is 0 Å². The van der Waals surface area contributed by atoms with Crippen molar-refractivity contribution in [1.29, 1.82) is 0 Å². The minimum Gasteiger partial charge on any atom is -0.452 e. The van der Waals surface area contributed by atoms with Gasteiger partial charge in [-0.1, -0.05) is 48.5 Å². The topological polar surface area (TPSA) is 93.6 Å². The number of carbonyl (C=O) groups is 2. The summed E-state index contributed by atoms with van der Waals surface area (Å²) in [6, 6.07) is 17.0. The van der Waals surface area contributed by atoms with Gasteiger partial charge in [-0.05, 0) is 48.1 Å². The number of pyridine rings is 1. The van der Waals surface area contributed by atoms with Crippen molar-refractivity contribution < 1.29 is 22.7 Å². The smallest absolute Gasteiger partial charge is 0.339 e. The fourth-order valence-electron chi connectivity index (χ4n) is 4.85. The van der Waals surface area contributed by atoms with Crippen LogP contribution in [0.5, 0.6) is 0 Å². The summed E-state index contributed by atoms with van der Waals surface area (Å²) in [5, 5.41) is 0.694. The number of para-hydroxylation sites is 1.